The molecule has 0 unspecified atom stereocenters. The van der Waals surface area contributed by atoms with Crippen molar-refractivity contribution in [1.29, 1.82) is 0 Å². The lowest BCUT2D eigenvalue weighted by atomic mass is 10.0. The average molecular weight is 360 g/mol. The van der Waals surface area contributed by atoms with Crippen molar-refractivity contribution in [3.05, 3.63) is 41.5 Å². The fraction of sp³-hybridized carbons (Fsp3) is 0.412. The largest absolute Gasteiger partial charge is 0.417 e. The third-order valence-corrected chi connectivity index (χ3v) is 4.87. The van der Waals surface area contributed by atoms with E-state index >= 15 is 0 Å². The Morgan fingerprint density at radius 1 is 1.04 bits per heavy atom. The Morgan fingerprint density at radius 2 is 1.75 bits per heavy atom. The fourth-order valence-electron chi connectivity index (χ4n) is 2.76. The summed E-state index contributed by atoms with van der Waals surface area (Å²) in [6.07, 6.45) is 0.171. The van der Waals surface area contributed by atoms with Gasteiger partial charge in [0.05, 0.1) is 5.56 Å². The van der Waals surface area contributed by atoms with E-state index in [1.54, 1.807) is 12.1 Å². The zero-order valence-electron chi connectivity index (χ0n) is 13.2. The number of benzene rings is 2. The predicted octanol–water partition coefficient (Wildman–Crippen LogP) is 5.23. The summed E-state index contributed by atoms with van der Waals surface area (Å²) >= 11 is 0. The standard InChI is InChI=1S/C17H19F3O3S/c1-2-3-4-5-6-12-7-9-14-13(11-12)8-10-15(17(18,19)20)16(14)24(21,22)23/h7-11H,2-6H2,1H3,(H,21,22,23). The third-order valence-electron chi connectivity index (χ3n) is 3.92. The van der Waals surface area contributed by atoms with E-state index in [0.717, 1.165) is 37.7 Å². The Labute approximate surface area is 139 Å². The molecule has 0 heterocycles. The number of unbranched alkanes of at least 4 members (excludes halogenated alkanes) is 3. The zero-order chi connectivity index (χ0) is 18.0. The Morgan fingerprint density at radius 3 is 2.33 bits per heavy atom. The highest BCUT2D eigenvalue weighted by Gasteiger charge is 2.37. The molecule has 0 spiro atoms. The minimum atomic E-state index is -5.00. The molecule has 0 aromatic heterocycles. The normalized spacial score (nSPS) is 12.7. The lowest BCUT2D eigenvalue weighted by Gasteiger charge is -2.14. The molecule has 24 heavy (non-hydrogen) atoms. The Bertz CT molecular complexity index is 827. The van der Waals surface area contributed by atoms with Gasteiger partial charge in [-0.25, -0.2) is 0 Å². The second-order valence-corrected chi connectivity index (χ2v) is 7.14. The number of rotatable bonds is 6. The summed E-state index contributed by atoms with van der Waals surface area (Å²) in [5.74, 6) is 0. The molecule has 0 radical (unpaired) electrons. The van der Waals surface area contributed by atoms with Crippen molar-refractivity contribution in [1.82, 2.24) is 0 Å². The molecule has 3 nitrogen and oxygen atoms in total. The molecular formula is C17H19F3O3S. The van der Waals surface area contributed by atoms with Crippen molar-refractivity contribution in [2.75, 3.05) is 0 Å². The minimum absolute atomic E-state index is 0.121. The molecular weight excluding hydrogens is 341 g/mol. The van der Waals surface area contributed by atoms with E-state index in [1.165, 1.54) is 12.1 Å². The lowest BCUT2D eigenvalue weighted by molar-refractivity contribution is -0.139. The van der Waals surface area contributed by atoms with Crippen LogP contribution in [0.5, 0.6) is 0 Å². The van der Waals surface area contributed by atoms with Crippen LogP contribution in [0, 0.1) is 0 Å². The molecule has 0 aliphatic carbocycles. The van der Waals surface area contributed by atoms with Gasteiger partial charge in [0.2, 0.25) is 0 Å². The van der Waals surface area contributed by atoms with E-state index in [-0.39, 0.29) is 5.39 Å². The van der Waals surface area contributed by atoms with Gasteiger partial charge in [-0.2, -0.15) is 21.6 Å². The van der Waals surface area contributed by atoms with Gasteiger partial charge in [-0.3, -0.25) is 4.55 Å². The monoisotopic (exact) mass is 360 g/mol. The lowest BCUT2D eigenvalue weighted by Crippen LogP contribution is -2.13. The van der Waals surface area contributed by atoms with Crippen molar-refractivity contribution in [2.45, 2.75) is 50.1 Å². The van der Waals surface area contributed by atoms with Crippen LogP contribution < -0.4 is 0 Å². The van der Waals surface area contributed by atoms with Crippen LogP contribution in [-0.2, 0) is 22.7 Å². The zero-order valence-corrected chi connectivity index (χ0v) is 14.0. The maximum atomic E-state index is 13.0. The number of halogens is 3. The number of alkyl halides is 3. The smallest absolute Gasteiger partial charge is 0.282 e. The molecule has 2 rings (SSSR count). The molecule has 0 amide bonds. The molecule has 0 aliphatic heterocycles. The highest BCUT2D eigenvalue weighted by atomic mass is 32.2. The van der Waals surface area contributed by atoms with Gasteiger partial charge in [-0.1, -0.05) is 50.5 Å². The Hall–Kier alpha value is -1.60. The summed E-state index contributed by atoms with van der Waals surface area (Å²) in [5.41, 5.74) is -0.423. The molecule has 1 N–H and O–H groups in total. The quantitative estimate of drug-likeness (QED) is 0.567. The Balaban J connectivity index is 2.49. The predicted molar refractivity (Wildman–Crippen MR) is 86.6 cm³/mol. The summed E-state index contributed by atoms with van der Waals surface area (Å²) in [7, 11) is -5.00. The van der Waals surface area contributed by atoms with Crippen LogP contribution in [0.25, 0.3) is 10.8 Å². The van der Waals surface area contributed by atoms with Gasteiger partial charge in [0.25, 0.3) is 10.1 Å². The third kappa shape index (κ3) is 4.27. The van der Waals surface area contributed by atoms with Gasteiger partial charge in [0.15, 0.2) is 0 Å². The minimum Gasteiger partial charge on any atom is -0.282 e. The first kappa shape index (κ1) is 18.7. The summed E-state index contributed by atoms with van der Waals surface area (Å²) in [4.78, 5) is -1.08. The van der Waals surface area contributed by atoms with Crippen molar-refractivity contribution >= 4 is 20.9 Å². The van der Waals surface area contributed by atoms with E-state index in [0.29, 0.717) is 11.5 Å². The Kier molecular flexibility index (Phi) is 5.55. The second-order valence-electron chi connectivity index (χ2n) is 5.78. The van der Waals surface area contributed by atoms with Gasteiger partial charge in [0, 0.05) is 5.39 Å². The molecule has 0 saturated carbocycles. The first-order valence-electron chi connectivity index (χ1n) is 7.75. The molecule has 132 valence electrons. The van der Waals surface area contributed by atoms with Gasteiger partial charge in [-0.05, 0) is 29.9 Å². The van der Waals surface area contributed by atoms with Gasteiger partial charge in [-0.15, -0.1) is 0 Å². The molecule has 0 saturated heterocycles. The molecule has 0 bridgehead atoms. The number of fused-ring (bicyclic) bond motifs is 1. The van der Waals surface area contributed by atoms with E-state index in [9.17, 15) is 26.1 Å². The summed E-state index contributed by atoms with van der Waals surface area (Å²) in [5, 5.41) is 0.244. The first-order valence-corrected chi connectivity index (χ1v) is 9.19. The highest BCUT2D eigenvalue weighted by molar-refractivity contribution is 7.86. The van der Waals surface area contributed by atoms with Crippen LogP contribution in [-0.4, -0.2) is 13.0 Å². The molecule has 0 atom stereocenters. The SMILES string of the molecule is CCCCCCc1ccc2c(S(=O)(=O)O)c(C(F)(F)F)ccc2c1. The topological polar surface area (TPSA) is 54.4 Å². The molecule has 7 heteroatoms. The first-order chi connectivity index (χ1) is 11.1. The number of hydrogen-bond donors (Lipinski definition) is 1. The van der Waals surface area contributed by atoms with Gasteiger partial charge >= 0.3 is 6.18 Å². The molecule has 0 aliphatic rings. The summed E-state index contributed by atoms with van der Waals surface area (Å²) < 4.78 is 71.4. The van der Waals surface area contributed by atoms with Crippen molar-refractivity contribution in [3.63, 3.8) is 0 Å². The van der Waals surface area contributed by atoms with Crippen LogP contribution >= 0.6 is 0 Å². The van der Waals surface area contributed by atoms with E-state index in [2.05, 4.69) is 6.92 Å². The summed E-state index contributed by atoms with van der Waals surface area (Å²) in [6.45, 7) is 2.10. The number of aryl methyl sites for hydroxylation is 1. The highest BCUT2D eigenvalue weighted by Crippen LogP contribution is 2.38. The van der Waals surface area contributed by atoms with Crippen molar-refractivity contribution < 1.29 is 26.1 Å². The van der Waals surface area contributed by atoms with Crippen molar-refractivity contribution in [3.8, 4) is 0 Å². The van der Waals surface area contributed by atoms with Gasteiger partial charge < -0.3 is 0 Å². The van der Waals surface area contributed by atoms with Gasteiger partial charge in [0.1, 0.15) is 4.90 Å². The van der Waals surface area contributed by atoms with Crippen LogP contribution in [0.1, 0.15) is 43.7 Å². The van der Waals surface area contributed by atoms with Crippen LogP contribution in [0.3, 0.4) is 0 Å². The van der Waals surface area contributed by atoms with E-state index in [1.807, 2.05) is 0 Å². The molecule has 0 fully saturated rings. The number of hydrogen-bond acceptors (Lipinski definition) is 2. The van der Waals surface area contributed by atoms with Crippen molar-refractivity contribution in [2.24, 2.45) is 0 Å². The second kappa shape index (κ2) is 7.11. The maximum Gasteiger partial charge on any atom is 0.417 e. The molecule has 2 aromatic rings. The summed E-state index contributed by atoms with van der Waals surface area (Å²) in [6, 6.07) is 6.57. The molecule has 2 aromatic carbocycles. The van der Waals surface area contributed by atoms with E-state index < -0.39 is 26.8 Å². The average Bonchev–Trinajstić information content (AvgIpc) is 2.48. The van der Waals surface area contributed by atoms with Crippen LogP contribution in [0.4, 0.5) is 13.2 Å². The van der Waals surface area contributed by atoms with Crippen LogP contribution in [0.15, 0.2) is 35.2 Å². The van der Waals surface area contributed by atoms with Crippen LogP contribution in [0.2, 0.25) is 0 Å². The maximum absolute atomic E-state index is 13.0. The van der Waals surface area contributed by atoms with E-state index in [4.69, 9.17) is 0 Å². The fourth-order valence-corrected chi connectivity index (χ4v) is 3.69.